The van der Waals surface area contributed by atoms with Gasteiger partial charge in [-0.25, -0.2) is 9.79 Å². The number of ether oxygens (including phenoxy) is 3. The molecule has 5 rings (SSSR count). The first-order valence-corrected chi connectivity index (χ1v) is 14.3. The maximum atomic E-state index is 14.0. The van der Waals surface area contributed by atoms with Crippen molar-refractivity contribution in [2.45, 2.75) is 19.6 Å². The lowest BCUT2D eigenvalue weighted by Crippen LogP contribution is -2.40. The average Bonchev–Trinajstić information content (AvgIpc) is 3.26. The molecular weight excluding hydrogens is 607 g/mol. The second-order valence-electron chi connectivity index (χ2n) is 9.02. The molecule has 0 radical (unpaired) electrons. The number of allylic oxidation sites excluding steroid dienone is 1. The minimum atomic E-state index is -0.868. The molecule has 1 atom stereocenters. The summed E-state index contributed by atoms with van der Waals surface area (Å²) in [7, 11) is 2.80. The maximum Gasteiger partial charge on any atom is 0.338 e. The first kappa shape index (κ1) is 29.0. The first-order valence-electron chi connectivity index (χ1n) is 12.3. The van der Waals surface area contributed by atoms with Gasteiger partial charge in [0.2, 0.25) is 0 Å². The van der Waals surface area contributed by atoms with Crippen molar-refractivity contribution in [1.82, 2.24) is 4.57 Å². The predicted molar refractivity (Wildman–Crippen MR) is 161 cm³/mol. The molecule has 0 amide bonds. The monoisotopic (exact) mass is 628 g/mol. The highest BCUT2D eigenvalue weighted by Crippen LogP contribution is 2.37. The molecule has 210 valence electrons. The van der Waals surface area contributed by atoms with Gasteiger partial charge in [-0.1, -0.05) is 70.4 Å². The van der Waals surface area contributed by atoms with Crippen molar-refractivity contribution in [1.29, 1.82) is 0 Å². The summed E-state index contributed by atoms with van der Waals surface area (Å²) < 4.78 is 18.6. The molecule has 1 aliphatic rings. The molecule has 4 aromatic rings. The van der Waals surface area contributed by atoms with Crippen LogP contribution in [0.1, 0.15) is 29.7 Å². The molecular formula is C30H23Cl3N2O5S. The Morgan fingerprint density at radius 1 is 1.02 bits per heavy atom. The highest BCUT2D eigenvalue weighted by molar-refractivity contribution is 7.07. The van der Waals surface area contributed by atoms with Crippen LogP contribution in [0.3, 0.4) is 0 Å². The summed E-state index contributed by atoms with van der Waals surface area (Å²) in [6.45, 7) is 1.91. The fourth-order valence-corrected chi connectivity index (χ4v) is 6.25. The van der Waals surface area contributed by atoms with Crippen LogP contribution < -0.4 is 24.4 Å². The summed E-state index contributed by atoms with van der Waals surface area (Å²) in [5.41, 5.74) is 2.29. The van der Waals surface area contributed by atoms with Crippen molar-refractivity contribution in [3.63, 3.8) is 0 Å². The van der Waals surface area contributed by atoms with E-state index < -0.39 is 12.0 Å². The van der Waals surface area contributed by atoms with Crippen molar-refractivity contribution >= 4 is 58.2 Å². The van der Waals surface area contributed by atoms with Gasteiger partial charge in [0.15, 0.2) is 4.80 Å². The van der Waals surface area contributed by atoms with Crippen LogP contribution in [0.2, 0.25) is 15.1 Å². The third-order valence-electron chi connectivity index (χ3n) is 6.52. The number of esters is 1. The van der Waals surface area contributed by atoms with Crippen LogP contribution in [0, 0.1) is 0 Å². The van der Waals surface area contributed by atoms with Gasteiger partial charge in [-0.3, -0.25) is 9.36 Å². The number of nitrogens with zero attached hydrogens (tertiary/aromatic N) is 2. The summed E-state index contributed by atoms with van der Waals surface area (Å²) in [4.78, 5) is 32.0. The zero-order chi connectivity index (χ0) is 29.3. The van der Waals surface area contributed by atoms with E-state index >= 15 is 0 Å². The third-order valence-corrected chi connectivity index (χ3v) is 8.32. The number of hydrogen-bond donors (Lipinski definition) is 0. The van der Waals surface area contributed by atoms with Crippen molar-refractivity contribution in [2.75, 3.05) is 14.2 Å². The number of benzene rings is 3. The molecule has 0 saturated heterocycles. The van der Waals surface area contributed by atoms with Gasteiger partial charge in [-0.05, 0) is 49.4 Å². The van der Waals surface area contributed by atoms with Crippen LogP contribution in [0.5, 0.6) is 11.5 Å². The number of methoxy groups -OCH3 is 2. The van der Waals surface area contributed by atoms with Crippen LogP contribution in [0.4, 0.5) is 0 Å². The largest absolute Gasteiger partial charge is 0.496 e. The molecule has 1 aromatic heterocycles. The smallest absolute Gasteiger partial charge is 0.338 e. The molecule has 0 spiro atoms. The number of aromatic nitrogens is 1. The van der Waals surface area contributed by atoms with Gasteiger partial charge in [0.05, 0.1) is 30.0 Å². The maximum absolute atomic E-state index is 14.0. The van der Waals surface area contributed by atoms with Crippen LogP contribution in [-0.4, -0.2) is 24.8 Å². The number of rotatable bonds is 7. The Morgan fingerprint density at radius 2 is 1.76 bits per heavy atom. The summed E-state index contributed by atoms with van der Waals surface area (Å²) >= 11 is 19.9. The predicted octanol–water partition coefficient (Wildman–Crippen LogP) is 5.96. The lowest BCUT2D eigenvalue weighted by atomic mass is 9.95. The molecule has 0 N–H and O–H groups in total. The summed E-state index contributed by atoms with van der Waals surface area (Å²) in [6.07, 6.45) is 1.74. The van der Waals surface area contributed by atoms with Gasteiger partial charge in [0.1, 0.15) is 24.1 Å². The number of halogens is 3. The summed E-state index contributed by atoms with van der Waals surface area (Å²) in [5.74, 6) is 0.417. The van der Waals surface area contributed by atoms with E-state index in [0.717, 1.165) is 5.56 Å². The first-order chi connectivity index (χ1) is 19.7. The summed E-state index contributed by atoms with van der Waals surface area (Å²) in [5, 5.41) is 1.46. The van der Waals surface area contributed by atoms with Gasteiger partial charge < -0.3 is 14.2 Å². The van der Waals surface area contributed by atoms with Gasteiger partial charge in [-0.15, -0.1) is 0 Å². The highest BCUT2D eigenvalue weighted by Gasteiger charge is 2.35. The molecule has 3 aromatic carbocycles. The normalized spacial score (nSPS) is 14.9. The van der Waals surface area contributed by atoms with E-state index in [2.05, 4.69) is 4.99 Å². The van der Waals surface area contributed by atoms with Gasteiger partial charge in [0.25, 0.3) is 5.56 Å². The lowest BCUT2D eigenvalue weighted by Gasteiger charge is -2.25. The molecule has 0 saturated carbocycles. The number of carbonyl (C=O) groups is 1. The minimum absolute atomic E-state index is 0.207. The van der Waals surface area contributed by atoms with E-state index in [1.165, 1.54) is 30.1 Å². The molecule has 7 nitrogen and oxygen atoms in total. The molecule has 0 fully saturated rings. The molecule has 2 heterocycles. The van der Waals surface area contributed by atoms with Crippen LogP contribution in [0.25, 0.3) is 6.08 Å². The highest BCUT2D eigenvalue weighted by atomic mass is 35.5. The molecule has 11 heteroatoms. The van der Waals surface area contributed by atoms with Crippen LogP contribution >= 0.6 is 46.1 Å². The Labute approximate surface area is 254 Å². The molecule has 0 unspecified atom stereocenters. The molecule has 41 heavy (non-hydrogen) atoms. The zero-order valence-corrected chi connectivity index (χ0v) is 25.2. The van der Waals surface area contributed by atoms with E-state index in [9.17, 15) is 9.59 Å². The van der Waals surface area contributed by atoms with Crippen LogP contribution in [-0.2, 0) is 16.1 Å². The van der Waals surface area contributed by atoms with Crippen molar-refractivity contribution in [2.24, 2.45) is 4.99 Å². The van der Waals surface area contributed by atoms with E-state index in [0.29, 0.717) is 52.7 Å². The second kappa shape index (κ2) is 12.1. The Kier molecular flexibility index (Phi) is 8.56. The average molecular weight is 630 g/mol. The molecule has 0 aliphatic carbocycles. The van der Waals surface area contributed by atoms with Crippen molar-refractivity contribution in [3.8, 4) is 11.5 Å². The molecule has 0 bridgehead atoms. The Morgan fingerprint density at radius 3 is 2.49 bits per heavy atom. The van der Waals surface area contributed by atoms with E-state index in [-0.39, 0.29) is 17.7 Å². The fourth-order valence-electron chi connectivity index (χ4n) is 4.57. The van der Waals surface area contributed by atoms with E-state index in [4.69, 9.17) is 49.0 Å². The number of hydrogen-bond acceptors (Lipinski definition) is 7. The van der Waals surface area contributed by atoms with E-state index in [1.54, 1.807) is 49.4 Å². The lowest BCUT2D eigenvalue weighted by molar-refractivity contribution is -0.136. The summed E-state index contributed by atoms with van der Waals surface area (Å²) in [6, 6.07) is 16.7. The second-order valence-corrected chi connectivity index (χ2v) is 11.3. The number of thiazole rings is 1. The van der Waals surface area contributed by atoms with Crippen molar-refractivity contribution in [3.05, 3.63) is 123 Å². The quantitative estimate of drug-likeness (QED) is 0.236. The van der Waals surface area contributed by atoms with Crippen LogP contribution in [0.15, 0.2) is 81.7 Å². The SMILES string of the molecule is COC(=O)C1=C(C)N=c2s/c(=C\c3ccccc3OCc3ccc(Cl)cc3Cl)c(=O)n2[C@@H]1c1cc(Cl)ccc1OC. The Hall–Kier alpha value is -3.56. The Bertz CT molecular complexity index is 1880. The van der Waals surface area contributed by atoms with E-state index in [1.807, 2.05) is 24.3 Å². The third kappa shape index (κ3) is 5.78. The fraction of sp³-hybridized carbons (Fsp3) is 0.167. The van der Waals surface area contributed by atoms with Gasteiger partial charge in [0, 0.05) is 31.8 Å². The number of carbonyl (C=O) groups excluding carboxylic acids is 1. The number of para-hydroxylation sites is 1. The van der Waals surface area contributed by atoms with Gasteiger partial charge >= 0.3 is 5.97 Å². The standard InChI is InChI=1S/C30H23Cl3N2O5S/c1-16-26(29(37)39-3)27(21-13-19(31)10-11-24(21)38-2)35-28(36)25(41-30(35)34-16)12-17-6-4-5-7-23(17)40-15-18-8-9-20(32)14-22(18)33/h4-14,27H,15H2,1-3H3/b25-12-/t27-/m1/s1. The topological polar surface area (TPSA) is 79.1 Å². The van der Waals surface area contributed by atoms with Crippen molar-refractivity contribution < 1.29 is 19.0 Å². The Balaban J connectivity index is 1.63. The zero-order valence-electron chi connectivity index (χ0n) is 22.1. The minimum Gasteiger partial charge on any atom is -0.496 e. The van der Waals surface area contributed by atoms with Gasteiger partial charge in [-0.2, -0.15) is 0 Å². The number of fused-ring (bicyclic) bond motifs is 1. The molecule has 1 aliphatic heterocycles.